The van der Waals surface area contributed by atoms with Gasteiger partial charge in [-0.1, -0.05) is 27.2 Å². The first kappa shape index (κ1) is 19.8. The molecule has 0 aromatic heterocycles. The summed E-state index contributed by atoms with van der Waals surface area (Å²) in [5.74, 6) is 0.767. The highest BCUT2D eigenvalue weighted by Crippen LogP contribution is 1.99. The molecule has 0 aromatic rings. The Hall–Kier alpha value is -0.160. The van der Waals surface area contributed by atoms with Crippen LogP contribution in [0.5, 0.6) is 0 Å². The van der Waals surface area contributed by atoms with Gasteiger partial charge in [0.05, 0.1) is 0 Å². The van der Waals surface area contributed by atoms with E-state index in [1.807, 2.05) is 0 Å². The lowest BCUT2D eigenvalue weighted by Gasteiger charge is -2.16. The zero-order valence-corrected chi connectivity index (χ0v) is 14.1. The van der Waals surface area contributed by atoms with Crippen LogP contribution in [0.3, 0.4) is 0 Å². The highest BCUT2D eigenvalue weighted by Gasteiger charge is 2.04. The summed E-state index contributed by atoms with van der Waals surface area (Å²) in [6, 6.07) is 0. The van der Waals surface area contributed by atoms with Crippen molar-refractivity contribution in [1.29, 1.82) is 0 Å². The Kier molecular flexibility index (Phi) is 16.8. The van der Waals surface area contributed by atoms with Crippen LogP contribution in [-0.4, -0.2) is 52.4 Å². The van der Waals surface area contributed by atoms with E-state index < -0.39 is 0 Å². The molecule has 4 N–H and O–H groups in total. The minimum Gasteiger partial charge on any atom is -0.317 e. The molecule has 0 aliphatic heterocycles. The molecule has 0 fully saturated rings. The maximum Gasteiger partial charge on any atom is -0.000847 e. The summed E-state index contributed by atoms with van der Waals surface area (Å²) in [7, 11) is 0. The maximum atomic E-state index is 3.59. The van der Waals surface area contributed by atoms with E-state index in [1.165, 1.54) is 25.7 Å². The number of hydrogen-bond acceptors (Lipinski definition) is 4. The van der Waals surface area contributed by atoms with Crippen LogP contribution in [0.1, 0.15) is 46.5 Å². The van der Waals surface area contributed by atoms with Crippen LogP contribution < -0.4 is 21.3 Å². The van der Waals surface area contributed by atoms with E-state index in [2.05, 4.69) is 42.0 Å². The van der Waals surface area contributed by atoms with E-state index in [9.17, 15) is 0 Å². The lowest BCUT2D eigenvalue weighted by atomic mass is 10.1. The molecule has 0 aromatic carbocycles. The summed E-state index contributed by atoms with van der Waals surface area (Å²) >= 11 is 0. The van der Waals surface area contributed by atoms with Gasteiger partial charge in [-0.05, 0) is 77.5 Å². The molecule has 0 heterocycles. The van der Waals surface area contributed by atoms with Crippen molar-refractivity contribution >= 4 is 0 Å². The van der Waals surface area contributed by atoms with Gasteiger partial charge in [0.15, 0.2) is 0 Å². The van der Waals surface area contributed by atoms with Crippen LogP contribution in [-0.2, 0) is 0 Å². The van der Waals surface area contributed by atoms with E-state index in [0.29, 0.717) is 0 Å². The number of unbranched alkanes of at least 4 members (excludes halogenated alkanes) is 1. The predicted molar refractivity (Wildman–Crippen MR) is 90.5 cm³/mol. The van der Waals surface area contributed by atoms with E-state index in [0.717, 1.165) is 58.3 Å². The second kappa shape index (κ2) is 16.9. The average Bonchev–Trinajstić information content (AvgIpc) is 2.47. The fraction of sp³-hybridized carbons (Fsp3) is 1.00. The third-order valence-electron chi connectivity index (χ3n) is 3.61. The monoisotopic (exact) mass is 286 g/mol. The Labute approximate surface area is 126 Å². The van der Waals surface area contributed by atoms with Crippen molar-refractivity contribution in [3.05, 3.63) is 0 Å². The third kappa shape index (κ3) is 14.3. The second-order valence-electron chi connectivity index (χ2n) is 5.45. The Morgan fingerprint density at radius 1 is 0.600 bits per heavy atom. The maximum absolute atomic E-state index is 3.59. The zero-order chi connectivity index (χ0) is 14.9. The highest BCUT2D eigenvalue weighted by atomic mass is 14.9. The summed E-state index contributed by atoms with van der Waals surface area (Å²) in [4.78, 5) is 0. The van der Waals surface area contributed by atoms with Gasteiger partial charge in [0, 0.05) is 0 Å². The molecule has 0 bridgehead atoms. The van der Waals surface area contributed by atoms with Gasteiger partial charge < -0.3 is 21.3 Å². The molecule has 0 radical (unpaired) electrons. The third-order valence-corrected chi connectivity index (χ3v) is 3.61. The molecule has 0 spiro atoms. The van der Waals surface area contributed by atoms with Gasteiger partial charge >= 0.3 is 0 Å². The topological polar surface area (TPSA) is 48.1 Å². The van der Waals surface area contributed by atoms with Crippen LogP contribution in [0.4, 0.5) is 0 Å². The van der Waals surface area contributed by atoms with Crippen LogP contribution in [0.2, 0.25) is 0 Å². The first-order chi connectivity index (χ1) is 9.85. The van der Waals surface area contributed by atoms with Gasteiger partial charge in [0.25, 0.3) is 0 Å². The van der Waals surface area contributed by atoms with Crippen LogP contribution in [0, 0.1) is 5.92 Å². The Morgan fingerprint density at radius 2 is 1.05 bits per heavy atom. The summed E-state index contributed by atoms with van der Waals surface area (Å²) in [5.41, 5.74) is 0. The van der Waals surface area contributed by atoms with Gasteiger partial charge in [-0.25, -0.2) is 0 Å². The molecule has 0 aliphatic carbocycles. The molecule has 4 nitrogen and oxygen atoms in total. The molecule has 0 aliphatic rings. The molecule has 0 amide bonds. The van der Waals surface area contributed by atoms with Gasteiger partial charge in [-0.2, -0.15) is 0 Å². The summed E-state index contributed by atoms with van der Waals surface area (Å²) in [5, 5.41) is 13.9. The number of rotatable bonds is 16. The molecule has 4 heteroatoms. The lowest BCUT2D eigenvalue weighted by Crippen LogP contribution is -2.32. The Morgan fingerprint density at radius 3 is 1.55 bits per heavy atom. The molecule has 1 unspecified atom stereocenters. The quantitative estimate of drug-likeness (QED) is 0.325. The molecule has 0 saturated heterocycles. The summed E-state index contributed by atoms with van der Waals surface area (Å²) < 4.78 is 0. The van der Waals surface area contributed by atoms with Crippen LogP contribution in [0.25, 0.3) is 0 Å². The fourth-order valence-corrected chi connectivity index (χ4v) is 2.17. The van der Waals surface area contributed by atoms with Crippen LogP contribution >= 0.6 is 0 Å². The molecule has 1 atom stereocenters. The van der Waals surface area contributed by atoms with Crippen molar-refractivity contribution in [3.63, 3.8) is 0 Å². The largest absolute Gasteiger partial charge is 0.317 e. The highest BCUT2D eigenvalue weighted by molar-refractivity contribution is 4.64. The number of nitrogens with one attached hydrogen (secondary N) is 4. The van der Waals surface area contributed by atoms with Gasteiger partial charge in [0.1, 0.15) is 0 Å². The van der Waals surface area contributed by atoms with Crippen molar-refractivity contribution in [3.8, 4) is 0 Å². The zero-order valence-electron chi connectivity index (χ0n) is 14.1. The van der Waals surface area contributed by atoms with Crippen LogP contribution in [0.15, 0.2) is 0 Å². The van der Waals surface area contributed by atoms with Crippen molar-refractivity contribution in [2.45, 2.75) is 46.5 Å². The van der Waals surface area contributed by atoms with Crippen molar-refractivity contribution in [1.82, 2.24) is 21.3 Å². The molecule has 0 saturated carbocycles. The molecule has 0 rings (SSSR count). The SMILES string of the molecule is CCNCCCCNCC(CC)CNCCCNCC. The first-order valence-corrected chi connectivity index (χ1v) is 8.67. The molecule has 122 valence electrons. The van der Waals surface area contributed by atoms with E-state index in [-0.39, 0.29) is 0 Å². The van der Waals surface area contributed by atoms with Crippen molar-refractivity contribution < 1.29 is 0 Å². The summed E-state index contributed by atoms with van der Waals surface area (Å²) in [6.07, 6.45) is 5.03. The first-order valence-electron chi connectivity index (χ1n) is 8.67. The predicted octanol–water partition coefficient (Wildman–Crippen LogP) is 1.58. The molecular formula is C16H38N4. The summed E-state index contributed by atoms with van der Waals surface area (Å²) in [6.45, 7) is 15.6. The van der Waals surface area contributed by atoms with Gasteiger partial charge in [0.2, 0.25) is 0 Å². The smallest absolute Gasteiger partial charge is 0.000847 e. The van der Waals surface area contributed by atoms with E-state index >= 15 is 0 Å². The fourth-order valence-electron chi connectivity index (χ4n) is 2.17. The van der Waals surface area contributed by atoms with Crippen molar-refractivity contribution in [2.75, 3.05) is 52.4 Å². The second-order valence-corrected chi connectivity index (χ2v) is 5.45. The normalized spacial score (nSPS) is 12.8. The average molecular weight is 287 g/mol. The van der Waals surface area contributed by atoms with E-state index in [4.69, 9.17) is 0 Å². The minimum absolute atomic E-state index is 0.767. The van der Waals surface area contributed by atoms with Crippen molar-refractivity contribution in [2.24, 2.45) is 5.92 Å². The standard InChI is InChI=1S/C16H38N4/c1-4-16(15-20-13-9-12-18-6-3)14-19-11-8-7-10-17-5-2/h16-20H,4-15H2,1-3H3. The minimum atomic E-state index is 0.767. The lowest BCUT2D eigenvalue weighted by molar-refractivity contribution is 0.424. The molecule has 20 heavy (non-hydrogen) atoms. The Bertz CT molecular complexity index is 176. The number of hydrogen-bond donors (Lipinski definition) is 4. The Balaban J connectivity index is 3.29. The van der Waals surface area contributed by atoms with E-state index in [1.54, 1.807) is 0 Å². The molecular weight excluding hydrogens is 248 g/mol. The van der Waals surface area contributed by atoms with Gasteiger partial charge in [-0.15, -0.1) is 0 Å². The van der Waals surface area contributed by atoms with Gasteiger partial charge in [-0.3, -0.25) is 0 Å².